The fourth-order valence-corrected chi connectivity index (χ4v) is 1.46. The van der Waals surface area contributed by atoms with Gasteiger partial charge in [-0.15, -0.1) is 0 Å². The van der Waals surface area contributed by atoms with Gasteiger partial charge < -0.3 is 17.7 Å². The first-order chi connectivity index (χ1) is 4.98. The van der Waals surface area contributed by atoms with Gasteiger partial charge in [0.1, 0.15) is 6.07 Å². The van der Waals surface area contributed by atoms with E-state index in [9.17, 15) is 0 Å². The third kappa shape index (κ3) is 7.84. The molecule has 0 saturated heterocycles. The number of nitriles is 1. The molecule has 0 aliphatic rings. The maximum absolute atomic E-state index is 8.38. The van der Waals surface area contributed by atoms with Crippen LogP contribution in [0.15, 0.2) is 0 Å². The van der Waals surface area contributed by atoms with Crippen molar-refractivity contribution in [2.24, 2.45) is 5.92 Å². The maximum atomic E-state index is 8.38. The highest BCUT2D eigenvalue weighted by atomic mass is 35.5. The van der Waals surface area contributed by atoms with E-state index in [4.69, 9.17) is 5.26 Å². The molecule has 3 heteroatoms. The molecule has 2 nitrogen and oxygen atoms in total. The summed E-state index contributed by atoms with van der Waals surface area (Å²) in [6, 6.07) is 2.14. The molecule has 0 fully saturated rings. The van der Waals surface area contributed by atoms with Gasteiger partial charge in [0.25, 0.3) is 0 Å². The summed E-state index contributed by atoms with van der Waals surface area (Å²) in [5, 5.41) is 10.5. The molecule has 0 rings (SSSR count). The van der Waals surface area contributed by atoms with Gasteiger partial charge in [0.05, 0.1) is 5.54 Å². The lowest BCUT2D eigenvalue weighted by atomic mass is 9.93. The van der Waals surface area contributed by atoms with E-state index in [1.54, 1.807) is 0 Å². The minimum atomic E-state index is 0. The standard InChI is InChI=1S/C9H18N2.ClH/c1-8(2)7-9(3,4)11-6-5-10;/h8,11H,6-7H2,1-4H3;1H. The van der Waals surface area contributed by atoms with Crippen LogP contribution < -0.4 is 17.7 Å². The molecule has 0 aliphatic carbocycles. The van der Waals surface area contributed by atoms with Gasteiger partial charge in [-0.05, 0) is 19.8 Å². The normalized spacial score (nSPS) is 10.7. The zero-order chi connectivity index (χ0) is 8.91. The van der Waals surface area contributed by atoms with Crippen LogP contribution >= 0.6 is 0 Å². The highest BCUT2D eigenvalue weighted by Crippen LogP contribution is 2.10. The zero-order valence-electron chi connectivity index (χ0n) is 8.39. The Morgan fingerprint density at radius 3 is 2.25 bits per heavy atom. The molecule has 0 aliphatic heterocycles. The van der Waals surface area contributed by atoms with Crippen LogP contribution in [0.5, 0.6) is 0 Å². The highest BCUT2D eigenvalue weighted by Gasteiger charge is 2.21. The molecular weight excluding hydrogens is 172 g/mol. The first kappa shape index (κ1) is 14.3. The van der Waals surface area contributed by atoms with Crippen molar-refractivity contribution in [2.75, 3.05) is 6.54 Å². The van der Waals surface area contributed by atoms with Gasteiger partial charge in [-0.3, -0.25) is 0 Å². The zero-order valence-corrected chi connectivity index (χ0v) is 9.15. The molecule has 0 saturated carbocycles. The minimum absolute atomic E-state index is 0. The summed E-state index contributed by atoms with van der Waals surface area (Å²) in [7, 11) is 0. The number of hydrogen-bond acceptors (Lipinski definition) is 1. The molecule has 72 valence electrons. The van der Waals surface area contributed by atoms with Crippen molar-refractivity contribution in [1.82, 2.24) is 0 Å². The molecule has 0 amide bonds. The third-order valence-electron chi connectivity index (χ3n) is 1.68. The predicted octanol–water partition coefficient (Wildman–Crippen LogP) is -2.10. The number of rotatable bonds is 4. The van der Waals surface area contributed by atoms with Gasteiger partial charge >= 0.3 is 0 Å². The van der Waals surface area contributed by atoms with E-state index in [0.29, 0.717) is 12.5 Å². The summed E-state index contributed by atoms with van der Waals surface area (Å²) in [5.41, 5.74) is 0.226. The summed E-state index contributed by atoms with van der Waals surface area (Å²) in [4.78, 5) is 0. The van der Waals surface area contributed by atoms with Crippen LogP contribution in [-0.2, 0) is 0 Å². The van der Waals surface area contributed by atoms with Crippen LogP contribution in [0.2, 0.25) is 0 Å². The van der Waals surface area contributed by atoms with Crippen LogP contribution in [0.1, 0.15) is 34.1 Å². The number of hydrogen-bond donors (Lipinski definition) is 1. The van der Waals surface area contributed by atoms with Crippen molar-refractivity contribution >= 4 is 0 Å². The average molecular weight is 191 g/mol. The summed E-state index contributed by atoms with van der Waals surface area (Å²) in [5.74, 6) is 0.708. The molecular formula is C9H19ClN2. The molecule has 0 aromatic carbocycles. The Kier molecular flexibility index (Phi) is 7.47. The second-order valence-electron chi connectivity index (χ2n) is 4.15. The van der Waals surface area contributed by atoms with Gasteiger partial charge in [-0.1, -0.05) is 13.8 Å². The topological polar surface area (TPSA) is 40.4 Å². The molecule has 0 spiro atoms. The molecule has 0 aromatic rings. The Hall–Kier alpha value is -0.260. The second-order valence-corrected chi connectivity index (χ2v) is 4.15. The largest absolute Gasteiger partial charge is 1.00 e. The van der Waals surface area contributed by atoms with Crippen molar-refractivity contribution in [3.05, 3.63) is 0 Å². The van der Waals surface area contributed by atoms with E-state index in [1.807, 2.05) is 0 Å². The summed E-state index contributed by atoms with van der Waals surface area (Å²) in [6.07, 6.45) is 1.16. The van der Waals surface area contributed by atoms with Crippen LogP contribution in [0.3, 0.4) is 0 Å². The van der Waals surface area contributed by atoms with Crippen LogP contribution in [-0.4, -0.2) is 12.1 Å². The smallest absolute Gasteiger partial charge is 0.163 e. The molecule has 0 atom stereocenters. The van der Waals surface area contributed by atoms with E-state index in [2.05, 4.69) is 39.1 Å². The molecule has 0 radical (unpaired) electrons. The SMILES string of the molecule is CC(C)CC(C)(C)[NH2+]CC#N.[Cl-]. The lowest BCUT2D eigenvalue weighted by Gasteiger charge is -2.23. The van der Waals surface area contributed by atoms with Crippen LogP contribution in [0.25, 0.3) is 0 Å². The molecule has 0 heterocycles. The van der Waals surface area contributed by atoms with Gasteiger partial charge in [0, 0.05) is 6.42 Å². The van der Waals surface area contributed by atoms with Crippen molar-refractivity contribution < 1.29 is 17.7 Å². The third-order valence-corrected chi connectivity index (χ3v) is 1.68. The Morgan fingerprint density at radius 1 is 1.42 bits per heavy atom. The fourth-order valence-electron chi connectivity index (χ4n) is 1.46. The van der Waals surface area contributed by atoms with E-state index in [-0.39, 0.29) is 17.9 Å². The van der Waals surface area contributed by atoms with Crippen LogP contribution in [0.4, 0.5) is 0 Å². The fraction of sp³-hybridized carbons (Fsp3) is 0.889. The number of nitrogens with zero attached hydrogens (tertiary/aromatic N) is 1. The monoisotopic (exact) mass is 190 g/mol. The summed E-state index contributed by atoms with van der Waals surface area (Å²) >= 11 is 0. The van der Waals surface area contributed by atoms with E-state index < -0.39 is 0 Å². The Labute approximate surface area is 81.8 Å². The highest BCUT2D eigenvalue weighted by molar-refractivity contribution is 4.70. The first-order valence-corrected chi connectivity index (χ1v) is 4.19. The lowest BCUT2D eigenvalue weighted by Crippen LogP contribution is -3.00. The molecule has 2 N–H and O–H groups in total. The van der Waals surface area contributed by atoms with Crippen molar-refractivity contribution in [3.8, 4) is 6.07 Å². The Bertz CT molecular complexity index is 147. The minimum Gasteiger partial charge on any atom is -1.00 e. The lowest BCUT2D eigenvalue weighted by molar-refractivity contribution is -0.713. The van der Waals surface area contributed by atoms with Gasteiger partial charge in [0.15, 0.2) is 6.54 Å². The van der Waals surface area contributed by atoms with Gasteiger partial charge in [-0.25, -0.2) is 0 Å². The molecule has 0 unspecified atom stereocenters. The molecule has 0 aromatic heterocycles. The summed E-state index contributed by atoms with van der Waals surface area (Å²) < 4.78 is 0. The van der Waals surface area contributed by atoms with Crippen molar-refractivity contribution in [2.45, 2.75) is 39.7 Å². The second kappa shape index (κ2) is 6.28. The maximum Gasteiger partial charge on any atom is 0.163 e. The number of nitrogens with two attached hydrogens (primary N) is 1. The van der Waals surface area contributed by atoms with Gasteiger partial charge in [-0.2, -0.15) is 5.26 Å². The Morgan fingerprint density at radius 2 is 1.92 bits per heavy atom. The molecule has 0 bridgehead atoms. The predicted molar refractivity (Wildman–Crippen MR) is 45.9 cm³/mol. The number of quaternary nitrogens is 1. The average Bonchev–Trinajstić information content (AvgIpc) is 1.81. The van der Waals surface area contributed by atoms with Crippen molar-refractivity contribution in [3.63, 3.8) is 0 Å². The molecule has 12 heavy (non-hydrogen) atoms. The summed E-state index contributed by atoms with van der Waals surface area (Å²) in [6.45, 7) is 9.36. The van der Waals surface area contributed by atoms with Gasteiger partial charge in [0.2, 0.25) is 0 Å². The first-order valence-electron chi connectivity index (χ1n) is 4.19. The van der Waals surface area contributed by atoms with E-state index in [0.717, 1.165) is 6.42 Å². The van der Waals surface area contributed by atoms with E-state index in [1.165, 1.54) is 0 Å². The number of halogens is 1. The quantitative estimate of drug-likeness (QED) is 0.508. The van der Waals surface area contributed by atoms with E-state index >= 15 is 0 Å². The van der Waals surface area contributed by atoms with Crippen LogP contribution in [0, 0.1) is 17.2 Å². The Balaban J connectivity index is 0. The van der Waals surface area contributed by atoms with Crippen molar-refractivity contribution in [1.29, 1.82) is 5.26 Å².